The van der Waals surface area contributed by atoms with E-state index in [0.717, 1.165) is 26.2 Å². The fourth-order valence-electron chi connectivity index (χ4n) is 1.62. The van der Waals surface area contributed by atoms with Crippen LogP contribution in [0.3, 0.4) is 0 Å². The highest BCUT2D eigenvalue weighted by molar-refractivity contribution is 5.76. The van der Waals surface area contributed by atoms with Gasteiger partial charge in [-0.15, -0.1) is 0 Å². The van der Waals surface area contributed by atoms with Gasteiger partial charge in [-0.3, -0.25) is 0 Å². The number of carboxylic acid groups (broad SMARTS) is 1. The molecular formula is C9H14F2O3. The molecule has 1 fully saturated rings. The molecule has 0 saturated heterocycles. The van der Waals surface area contributed by atoms with Gasteiger partial charge in [0, 0.05) is 0 Å². The Morgan fingerprint density at radius 3 is 2.29 bits per heavy atom. The van der Waals surface area contributed by atoms with Gasteiger partial charge in [-0.1, -0.05) is 19.3 Å². The molecule has 1 saturated carbocycles. The number of halogens is 2. The largest absolute Gasteiger partial charge is 0.477 e. The normalized spacial score (nSPS) is 22.6. The summed E-state index contributed by atoms with van der Waals surface area (Å²) in [5, 5.41) is 17.7. The molecule has 0 spiro atoms. The van der Waals surface area contributed by atoms with Crippen molar-refractivity contribution in [3.63, 3.8) is 0 Å². The van der Waals surface area contributed by atoms with Crippen molar-refractivity contribution in [2.24, 2.45) is 5.92 Å². The Balaban J connectivity index is 2.66. The lowest BCUT2D eigenvalue weighted by molar-refractivity contribution is -0.209. The van der Waals surface area contributed by atoms with Gasteiger partial charge in [-0.2, -0.15) is 8.78 Å². The first kappa shape index (κ1) is 11.4. The topological polar surface area (TPSA) is 57.5 Å². The van der Waals surface area contributed by atoms with Crippen molar-refractivity contribution in [2.45, 2.75) is 44.1 Å². The summed E-state index contributed by atoms with van der Waals surface area (Å²) >= 11 is 0. The lowest BCUT2D eigenvalue weighted by atomic mass is 9.76. The van der Waals surface area contributed by atoms with Gasteiger partial charge in [0.05, 0.1) is 0 Å². The zero-order valence-corrected chi connectivity index (χ0v) is 7.96. The minimum absolute atomic E-state index is 0.0372. The van der Waals surface area contributed by atoms with Gasteiger partial charge in [0.1, 0.15) is 5.60 Å². The molecule has 0 aromatic heterocycles. The van der Waals surface area contributed by atoms with Crippen LogP contribution in [-0.4, -0.2) is 27.7 Å². The number of alkyl halides is 2. The van der Waals surface area contributed by atoms with E-state index in [9.17, 15) is 18.7 Å². The molecule has 2 N–H and O–H groups in total. The standard InChI is InChI=1S/C9H14F2O3/c1-8(14,5-6-3-2-4-6)9(10,11)7(12)13/h6,14H,2-5H2,1H3,(H,12,13). The molecule has 0 aromatic rings. The molecule has 3 nitrogen and oxygen atoms in total. The van der Waals surface area contributed by atoms with Crippen LogP contribution in [0.4, 0.5) is 8.78 Å². The van der Waals surface area contributed by atoms with E-state index in [4.69, 9.17) is 5.11 Å². The highest BCUT2D eigenvalue weighted by Gasteiger charge is 2.56. The Bertz CT molecular complexity index is 234. The number of hydrogen-bond donors (Lipinski definition) is 2. The maximum atomic E-state index is 13.0. The van der Waals surface area contributed by atoms with Crippen LogP contribution >= 0.6 is 0 Å². The molecule has 0 aromatic carbocycles. The minimum Gasteiger partial charge on any atom is -0.477 e. The zero-order chi connectivity index (χ0) is 11.0. The second-order valence-corrected chi connectivity index (χ2v) is 4.15. The maximum Gasteiger partial charge on any atom is 0.377 e. The SMILES string of the molecule is CC(O)(CC1CCC1)C(F)(F)C(=O)O. The van der Waals surface area contributed by atoms with E-state index >= 15 is 0 Å². The zero-order valence-electron chi connectivity index (χ0n) is 7.96. The lowest BCUT2D eigenvalue weighted by Gasteiger charge is -2.36. The molecule has 14 heavy (non-hydrogen) atoms. The Kier molecular flexibility index (Phi) is 2.81. The summed E-state index contributed by atoms with van der Waals surface area (Å²) in [5.41, 5.74) is -2.44. The fraction of sp³-hybridized carbons (Fsp3) is 0.889. The van der Waals surface area contributed by atoms with E-state index in [1.54, 1.807) is 0 Å². The summed E-state index contributed by atoms with van der Waals surface area (Å²) in [7, 11) is 0. The monoisotopic (exact) mass is 208 g/mol. The molecule has 0 heterocycles. The second-order valence-electron chi connectivity index (χ2n) is 4.15. The van der Waals surface area contributed by atoms with Crippen LogP contribution in [-0.2, 0) is 4.79 Å². The average molecular weight is 208 g/mol. The third kappa shape index (κ3) is 1.87. The van der Waals surface area contributed by atoms with Gasteiger partial charge in [0.25, 0.3) is 0 Å². The van der Waals surface area contributed by atoms with Gasteiger partial charge in [0.15, 0.2) is 0 Å². The van der Waals surface area contributed by atoms with Crippen LogP contribution in [0.2, 0.25) is 0 Å². The summed E-state index contributed by atoms with van der Waals surface area (Å²) in [4.78, 5) is 10.2. The molecule has 0 radical (unpaired) electrons. The molecule has 1 atom stereocenters. The van der Waals surface area contributed by atoms with E-state index in [2.05, 4.69) is 0 Å². The average Bonchev–Trinajstić information content (AvgIpc) is 1.96. The maximum absolute atomic E-state index is 13.0. The van der Waals surface area contributed by atoms with E-state index in [0.29, 0.717) is 0 Å². The number of aliphatic carboxylic acids is 1. The first-order chi connectivity index (χ1) is 6.27. The molecule has 1 unspecified atom stereocenters. The van der Waals surface area contributed by atoms with Crippen LogP contribution in [0.5, 0.6) is 0 Å². The molecule has 0 amide bonds. The number of carbonyl (C=O) groups is 1. The molecule has 82 valence electrons. The molecule has 1 rings (SSSR count). The molecular weight excluding hydrogens is 194 g/mol. The quantitative estimate of drug-likeness (QED) is 0.738. The third-order valence-electron chi connectivity index (χ3n) is 2.86. The van der Waals surface area contributed by atoms with Gasteiger partial charge in [-0.25, -0.2) is 4.79 Å². The van der Waals surface area contributed by atoms with Crippen LogP contribution < -0.4 is 0 Å². The summed E-state index contributed by atoms with van der Waals surface area (Å²) in [5.74, 6) is -6.29. The van der Waals surface area contributed by atoms with Crippen LogP contribution in [0.25, 0.3) is 0 Å². The van der Waals surface area contributed by atoms with Crippen LogP contribution in [0.1, 0.15) is 32.6 Å². The Labute approximate surface area is 80.7 Å². The third-order valence-corrected chi connectivity index (χ3v) is 2.86. The van der Waals surface area contributed by atoms with Gasteiger partial charge < -0.3 is 10.2 Å². The van der Waals surface area contributed by atoms with E-state index in [-0.39, 0.29) is 12.3 Å². The molecule has 1 aliphatic rings. The van der Waals surface area contributed by atoms with Gasteiger partial charge >= 0.3 is 11.9 Å². The number of carboxylic acids is 1. The summed E-state index contributed by atoms with van der Waals surface area (Å²) in [6, 6.07) is 0. The van der Waals surface area contributed by atoms with Crippen molar-refractivity contribution in [3.8, 4) is 0 Å². The number of hydrogen-bond acceptors (Lipinski definition) is 2. The predicted octanol–water partition coefficient (Wildman–Crippen LogP) is 1.65. The summed E-state index contributed by atoms with van der Waals surface area (Å²) < 4.78 is 26.0. The van der Waals surface area contributed by atoms with Crippen molar-refractivity contribution in [3.05, 3.63) is 0 Å². The highest BCUT2D eigenvalue weighted by atomic mass is 19.3. The summed E-state index contributed by atoms with van der Waals surface area (Å²) in [6.07, 6.45) is 2.42. The van der Waals surface area contributed by atoms with Crippen molar-refractivity contribution in [1.82, 2.24) is 0 Å². The highest BCUT2D eigenvalue weighted by Crippen LogP contribution is 2.40. The van der Waals surface area contributed by atoms with Crippen LogP contribution in [0.15, 0.2) is 0 Å². The van der Waals surface area contributed by atoms with Crippen molar-refractivity contribution in [1.29, 1.82) is 0 Å². The lowest BCUT2D eigenvalue weighted by Crippen LogP contribution is -2.52. The van der Waals surface area contributed by atoms with E-state index in [1.165, 1.54) is 0 Å². The van der Waals surface area contributed by atoms with Crippen LogP contribution in [0, 0.1) is 5.92 Å². The Hall–Kier alpha value is -0.710. The second kappa shape index (κ2) is 3.46. The van der Waals surface area contributed by atoms with Crippen molar-refractivity contribution >= 4 is 5.97 Å². The summed E-state index contributed by atoms with van der Waals surface area (Å²) in [6.45, 7) is 0.888. The first-order valence-corrected chi connectivity index (χ1v) is 4.61. The Morgan fingerprint density at radius 1 is 1.50 bits per heavy atom. The predicted molar refractivity (Wildman–Crippen MR) is 45.2 cm³/mol. The first-order valence-electron chi connectivity index (χ1n) is 4.61. The van der Waals surface area contributed by atoms with Gasteiger partial charge in [0.2, 0.25) is 0 Å². The Morgan fingerprint density at radius 2 is 2.00 bits per heavy atom. The van der Waals surface area contributed by atoms with E-state index in [1.807, 2.05) is 0 Å². The molecule has 0 bridgehead atoms. The van der Waals surface area contributed by atoms with Gasteiger partial charge in [-0.05, 0) is 19.3 Å². The number of rotatable bonds is 4. The fourth-order valence-corrected chi connectivity index (χ4v) is 1.62. The molecule has 5 heteroatoms. The minimum atomic E-state index is -4.07. The smallest absolute Gasteiger partial charge is 0.377 e. The number of aliphatic hydroxyl groups is 1. The molecule has 0 aliphatic heterocycles. The van der Waals surface area contributed by atoms with Crippen molar-refractivity contribution < 1.29 is 23.8 Å². The molecule has 1 aliphatic carbocycles. The van der Waals surface area contributed by atoms with Crippen molar-refractivity contribution in [2.75, 3.05) is 0 Å². The van der Waals surface area contributed by atoms with E-state index < -0.39 is 17.5 Å².